The molecular weight excluding hydrogens is 504 g/mol. The third kappa shape index (κ3) is 6.94. The largest absolute Gasteiger partial charge is 0.329 e. The summed E-state index contributed by atoms with van der Waals surface area (Å²) < 4.78 is 0. The van der Waals surface area contributed by atoms with E-state index < -0.39 is 5.54 Å². The maximum Gasteiger partial charge on any atom is 0.210 e. The van der Waals surface area contributed by atoms with Crippen molar-refractivity contribution in [2.75, 3.05) is 19.6 Å². The molecule has 4 aromatic carbocycles. The first-order chi connectivity index (χ1) is 20.1. The highest BCUT2D eigenvalue weighted by atomic mass is 16.1. The third-order valence-electron chi connectivity index (χ3n) is 8.27. The Balaban J connectivity index is 1.36. The van der Waals surface area contributed by atoms with E-state index in [1.54, 1.807) is 0 Å². The normalized spacial score (nSPS) is 15.2. The number of amides is 1. The number of carbonyl (C=O) groups excluding carboxylic acids is 1. The van der Waals surface area contributed by atoms with Crippen LogP contribution in [0.3, 0.4) is 0 Å². The van der Waals surface area contributed by atoms with Gasteiger partial charge in [-0.15, -0.1) is 0 Å². The molecule has 0 bridgehead atoms. The molecule has 5 rings (SSSR count). The van der Waals surface area contributed by atoms with Crippen LogP contribution in [0.1, 0.15) is 47.2 Å². The highest BCUT2D eigenvalue weighted by Crippen LogP contribution is 2.39. The van der Waals surface area contributed by atoms with E-state index in [9.17, 15) is 4.79 Å². The van der Waals surface area contributed by atoms with Gasteiger partial charge in [-0.3, -0.25) is 9.69 Å². The molecule has 212 valence electrons. The lowest BCUT2D eigenvalue weighted by Crippen LogP contribution is -2.61. The topological polar surface area (TPSA) is 47.6 Å². The summed E-state index contributed by atoms with van der Waals surface area (Å²) >= 11 is 0. The van der Waals surface area contributed by atoms with Gasteiger partial charge in [0.15, 0.2) is 0 Å². The van der Waals surface area contributed by atoms with Crippen molar-refractivity contribution in [3.63, 3.8) is 0 Å². The fraction of sp³-hybridized carbons (Fsp3) is 0.306. The minimum atomic E-state index is -0.545. The van der Waals surface area contributed by atoms with Crippen molar-refractivity contribution >= 4 is 6.41 Å². The highest BCUT2D eigenvalue weighted by Gasteiger charge is 2.44. The summed E-state index contributed by atoms with van der Waals surface area (Å²) in [5.74, 6) is 0. The van der Waals surface area contributed by atoms with Crippen LogP contribution in [0.4, 0.5) is 0 Å². The van der Waals surface area contributed by atoms with E-state index in [0.29, 0.717) is 12.6 Å². The van der Waals surface area contributed by atoms with E-state index in [2.05, 4.69) is 126 Å². The number of nitrogens with one attached hydrogen (secondary N) is 2. The molecule has 1 aliphatic rings. The molecular formula is C36H42N4O. The van der Waals surface area contributed by atoms with Gasteiger partial charge in [0.05, 0.1) is 0 Å². The van der Waals surface area contributed by atoms with Crippen LogP contribution in [0, 0.1) is 0 Å². The van der Waals surface area contributed by atoms with Crippen molar-refractivity contribution in [2.45, 2.75) is 51.6 Å². The van der Waals surface area contributed by atoms with E-state index >= 15 is 0 Å². The lowest BCUT2D eigenvalue weighted by atomic mass is 9.78. The van der Waals surface area contributed by atoms with Crippen molar-refractivity contribution in [1.29, 1.82) is 0 Å². The maximum absolute atomic E-state index is 12.6. The minimum absolute atomic E-state index is 0.395. The van der Waals surface area contributed by atoms with Gasteiger partial charge in [-0.2, -0.15) is 0 Å². The predicted octanol–water partition coefficient (Wildman–Crippen LogP) is 5.69. The molecule has 5 heteroatoms. The van der Waals surface area contributed by atoms with Crippen molar-refractivity contribution < 1.29 is 4.79 Å². The summed E-state index contributed by atoms with van der Waals surface area (Å²) in [6, 6.07) is 39.0. The van der Waals surface area contributed by atoms with Gasteiger partial charge in [0.25, 0.3) is 0 Å². The first kappa shape index (κ1) is 28.7. The Morgan fingerprint density at radius 1 is 0.634 bits per heavy atom. The van der Waals surface area contributed by atoms with E-state index in [1.165, 1.54) is 22.3 Å². The molecule has 0 unspecified atom stereocenters. The average molecular weight is 547 g/mol. The number of benzene rings is 4. The Hall–Kier alpha value is -3.77. The maximum atomic E-state index is 12.6. The van der Waals surface area contributed by atoms with E-state index in [4.69, 9.17) is 0 Å². The second kappa shape index (κ2) is 13.7. The van der Waals surface area contributed by atoms with Crippen LogP contribution >= 0.6 is 0 Å². The molecule has 5 nitrogen and oxygen atoms in total. The van der Waals surface area contributed by atoms with Crippen LogP contribution in [0.15, 0.2) is 109 Å². The summed E-state index contributed by atoms with van der Waals surface area (Å²) in [7, 11) is 0. The van der Waals surface area contributed by atoms with Gasteiger partial charge in [-0.05, 0) is 47.2 Å². The Labute approximate surface area is 245 Å². The standard InChI is InChI=1S/C36H42N4O/c1-29(2)39-21-22-40(28-41)36(27-39,34-17-13-32(14-18-34)25-37-23-30-9-5-3-6-10-30)35-19-15-33(16-20-35)26-38-24-31-11-7-4-8-12-31/h3-20,28-29,37-38H,21-27H2,1-2H3. The van der Waals surface area contributed by atoms with Crippen molar-refractivity contribution in [2.24, 2.45) is 0 Å². The van der Waals surface area contributed by atoms with Gasteiger partial charge in [0.2, 0.25) is 6.41 Å². The number of piperazine rings is 1. The van der Waals surface area contributed by atoms with Crippen LogP contribution in [0.25, 0.3) is 0 Å². The Morgan fingerprint density at radius 2 is 1.05 bits per heavy atom. The molecule has 0 aliphatic carbocycles. The van der Waals surface area contributed by atoms with Crippen molar-refractivity contribution in [1.82, 2.24) is 20.4 Å². The Morgan fingerprint density at radius 3 is 1.44 bits per heavy atom. The zero-order chi connectivity index (χ0) is 28.5. The van der Waals surface area contributed by atoms with Crippen LogP contribution in [0.5, 0.6) is 0 Å². The van der Waals surface area contributed by atoms with Gasteiger partial charge < -0.3 is 15.5 Å². The van der Waals surface area contributed by atoms with Crippen LogP contribution < -0.4 is 10.6 Å². The first-order valence-electron chi connectivity index (χ1n) is 14.7. The summed E-state index contributed by atoms with van der Waals surface area (Å²) in [5, 5.41) is 7.11. The molecule has 1 heterocycles. The molecule has 0 radical (unpaired) electrons. The average Bonchev–Trinajstić information content (AvgIpc) is 3.02. The SMILES string of the molecule is CC(C)N1CCN(C=O)C(c2ccc(CNCc3ccccc3)cc2)(c2ccc(CNCc3ccccc3)cc2)C1. The second-order valence-corrected chi connectivity index (χ2v) is 11.3. The lowest BCUT2D eigenvalue weighted by molar-refractivity contribution is -0.127. The Kier molecular flexibility index (Phi) is 9.63. The molecule has 1 saturated heterocycles. The van der Waals surface area contributed by atoms with E-state index in [1.807, 2.05) is 17.0 Å². The van der Waals surface area contributed by atoms with E-state index in [0.717, 1.165) is 56.8 Å². The molecule has 41 heavy (non-hydrogen) atoms. The van der Waals surface area contributed by atoms with Gasteiger partial charge in [0.1, 0.15) is 5.54 Å². The van der Waals surface area contributed by atoms with E-state index in [-0.39, 0.29) is 0 Å². The molecule has 1 amide bonds. The smallest absolute Gasteiger partial charge is 0.210 e. The molecule has 0 atom stereocenters. The molecule has 1 aliphatic heterocycles. The number of rotatable bonds is 12. The predicted molar refractivity (Wildman–Crippen MR) is 167 cm³/mol. The zero-order valence-electron chi connectivity index (χ0n) is 24.3. The summed E-state index contributed by atoms with van der Waals surface area (Å²) in [4.78, 5) is 17.1. The van der Waals surface area contributed by atoms with Crippen molar-refractivity contribution in [3.05, 3.63) is 143 Å². The van der Waals surface area contributed by atoms with Crippen molar-refractivity contribution in [3.8, 4) is 0 Å². The highest BCUT2D eigenvalue weighted by molar-refractivity contribution is 5.56. The molecule has 0 spiro atoms. The second-order valence-electron chi connectivity index (χ2n) is 11.3. The fourth-order valence-electron chi connectivity index (χ4n) is 5.85. The quantitative estimate of drug-likeness (QED) is 0.224. The lowest BCUT2D eigenvalue weighted by Gasteiger charge is -2.51. The zero-order valence-corrected chi connectivity index (χ0v) is 24.3. The monoisotopic (exact) mass is 546 g/mol. The molecule has 1 fully saturated rings. The number of nitrogens with zero attached hydrogens (tertiary/aromatic N) is 2. The van der Waals surface area contributed by atoms with Crippen LogP contribution in [0.2, 0.25) is 0 Å². The molecule has 0 saturated carbocycles. The van der Waals surface area contributed by atoms with Gasteiger partial charge in [-0.1, -0.05) is 109 Å². The number of carbonyl (C=O) groups is 1. The Bertz CT molecular complexity index is 1270. The molecule has 0 aromatic heterocycles. The minimum Gasteiger partial charge on any atom is -0.329 e. The van der Waals surface area contributed by atoms with Gasteiger partial charge in [-0.25, -0.2) is 0 Å². The first-order valence-corrected chi connectivity index (χ1v) is 14.7. The van der Waals surface area contributed by atoms with Gasteiger partial charge >= 0.3 is 0 Å². The van der Waals surface area contributed by atoms with Crippen LogP contribution in [-0.2, 0) is 36.5 Å². The van der Waals surface area contributed by atoms with Gasteiger partial charge in [0, 0.05) is 51.9 Å². The molecule has 4 aromatic rings. The third-order valence-corrected chi connectivity index (χ3v) is 8.27. The fourth-order valence-corrected chi connectivity index (χ4v) is 5.85. The number of hydrogen-bond donors (Lipinski definition) is 2. The number of hydrogen-bond acceptors (Lipinski definition) is 4. The molecule has 2 N–H and O–H groups in total. The summed E-state index contributed by atoms with van der Waals surface area (Å²) in [6.45, 7) is 10.1. The summed E-state index contributed by atoms with van der Waals surface area (Å²) in [5.41, 5.74) is 6.77. The van der Waals surface area contributed by atoms with Crippen LogP contribution in [-0.4, -0.2) is 41.9 Å². The summed E-state index contributed by atoms with van der Waals surface area (Å²) in [6.07, 6.45) is 1.04.